The first-order chi connectivity index (χ1) is 18.5. The fraction of sp³-hybridized carbons (Fsp3) is 0.290. The molecule has 0 radical (unpaired) electrons. The van der Waals surface area contributed by atoms with Gasteiger partial charge in [-0.05, 0) is 69.4 Å². The zero-order valence-corrected chi connectivity index (χ0v) is 22.0. The van der Waals surface area contributed by atoms with Gasteiger partial charge in [-0.15, -0.1) is 0 Å². The SMILES string of the molecule is CCOc1cc(C2c3c(oc4ccccc4c3=O)C(=O)N2CCCN(C)C)ccc1OCc1ccccc1. The molecule has 0 spiro atoms. The van der Waals surface area contributed by atoms with E-state index in [1.54, 1.807) is 29.2 Å². The smallest absolute Gasteiger partial charge is 0.290 e. The highest BCUT2D eigenvalue weighted by molar-refractivity contribution is 5.99. The van der Waals surface area contributed by atoms with Crippen LogP contribution in [0.25, 0.3) is 11.0 Å². The average Bonchev–Trinajstić information content (AvgIpc) is 3.20. The van der Waals surface area contributed by atoms with Crippen LogP contribution in [0.4, 0.5) is 0 Å². The molecular formula is C31H32N2O5. The molecule has 38 heavy (non-hydrogen) atoms. The van der Waals surface area contributed by atoms with E-state index in [4.69, 9.17) is 13.9 Å². The molecule has 1 atom stereocenters. The van der Waals surface area contributed by atoms with E-state index in [9.17, 15) is 9.59 Å². The standard InChI is InChI=1S/C31H32N2O5/c1-4-36-26-19-22(15-16-25(26)37-20-21-11-6-5-7-12-21)28-27-29(34)23-13-8-9-14-24(23)38-30(27)31(35)33(28)18-10-17-32(2)3/h5-9,11-16,19,28H,4,10,17-18,20H2,1-3H3. The van der Waals surface area contributed by atoms with Gasteiger partial charge in [0.2, 0.25) is 5.76 Å². The average molecular weight is 513 g/mol. The molecule has 0 fully saturated rings. The molecule has 0 aliphatic carbocycles. The Balaban J connectivity index is 1.56. The van der Waals surface area contributed by atoms with E-state index < -0.39 is 6.04 Å². The fourth-order valence-corrected chi connectivity index (χ4v) is 4.92. The van der Waals surface area contributed by atoms with Gasteiger partial charge in [0.25, 0.3) is 5.91 Å². The molecule has 0 saturated heterocycles. The Morgan fingerprint density at radius 2 is 1.68 bits per heavy atom. The van der Waals surface area contributed by atoms with Crippen molar-refractivity contribution in [2.24, 2.45) is 0 Å². The lowest BCUT2D eigenvalue weighted by Gasteiger charge is -2.26. The van der Waals surface area contributed by atoms with Crippen molar-refractivity contribution >= 4 is 16.9 Å². The molecule has 1 unspecified atom stereocenters. The van der Waals surface area contributed by atoms with E-state index in [-0.39, 0.29) is 17.1 Å². The van der Waals surface area contributed by atoms with E-state index in [0.29, 0.717) is 47.8 Å². The number of nitrogens with zero attached hydrogens (tertiary/aromatic N) is 2. The van der Waals surface area contributed by atoms with Gasteiger partial charge in [-0.3, -0.25) is 9.59 Å². The van der Waals surface area contributed by atoms with Gasteiger partial charge in [-0.2, -0.15) is 0 Å². The van der Waals surface area contributed by atoms with Crippen LogP contribution >= 0.6 is 0 Å². The molecule has 1 amide bonds. The van der Waals surface area contributed by atoms with Gasteiger partial charge in [0.05, 0.1) is 23.6 Å². The Labute approximate surface area is 222 Å². The van der Waals surface area contributed by atoms with Crippen molar-refractivity contribution in [3.05, 3.63) is 105 Å². The van der Waals surface area contributed by atoms with Crippen LogP contribution in [-0.2, 0) is 6.61 Å². The second kappa shape index (κ2) is 11.1. The zero-order chi connectivity index (χ0) is 26.6. The molecule has 3 aromatic carbocycles. The van der Waals surface area contributed by atoms with Gasteiger partial charge in [0.15, 0.2) is 16.9 Å². The molecule has 0 bridgehead atoms. The van der Waals surface area contributed by atoms with E-state index >= 15 is 0 Å². The minimum absolute atomic E-state index is 0.117. The maximum absolute atomic E-state index is 13.7. The van der Waals surface area contributed by atoms with Gasteiger partial charge < -0.3 is 23.7 Å². The van der Waals surface area contributed by atoms with Gasteiger partial charge in [0.1, 0.15) is 12.2 Å². The van der Waals surface area contributed by atoms with Crippen molar-refractivity contribution in [3.8, 4) is 11.5 Å². The normalized spacial score (nSPS) is 14.8. The van der Waals surface area contributed by atoms with Gasteiger partial charge in [-0.1, -0.05) is 48.5 Å². The van der Waals surface area contributed by atoms with Crippen LogP contribution in [0.1, 0.15) is 46.6 Å². The van der Waals surface area contributed by atoms with E-state index in [1.807, 2.05) is 69.6 Å². The summed E-state index contributed by atoms with van der Waals surface area (Å²) < 4.78 is 18.1. The quantitative estimate of drug-likeness (QED) is 0.288. The van der Waals surface area contributed by atoms with Gasteiger partial charge in [0, 0.05) is 6.54 Å². The Morgan fingerprint density at radius 1 is 0.921 bits per heavy atom. The summed E-state index contributed by atoms with van der Waals surface area (Å²) in [6, 6.07) is 22.0. The first-order valence-corrected chi connectivity index (χ1v) is 12.9. The molecule has 1 aliphatic heterocycles. The van der Waals surface area contributed by atoms with Crippen molar-refractivity contribution in [3.63, 3.8) is 0 Å². The maximum Gasteiger partial charge on any atom is 0.290 e. The van der Waals surface area contributed by atoms with Crippen molar-refractivity contribution in [1.29, 1.82) is 0 Å². The monoisotopic (exact) mass is 512 g/mol. The number of para-hydroxylation sites is 1. The highest BCUT2D eigenvalue weighted by atomic mass is 16.5. The number of rotatable bonds is 10. The summed E-state index contributed by atoms with van der Waals surface area (Å²) in [4.78, 5) is 31.1. The summed E-state index contributed by atoms with van der Waals surface area (Å²) in [5.41, 5.74) is 2.43. The Hall–Kier alpha value is -4.10. The third kappa shape index (κ3) is 5.02. The van der Waals surface area contributed by atoms with Crippen LogP contribution < -0.4 is 14.9 Å². The van der Waals surface area contributed by atoms with Crippen LogP contribution in [0.3, 0.4) is 0 Å². The lowest BCUT2D eigenvalue weighted by atomic mass is 9.98. The molecular weight excluding hydrogens is 480 g/mol. The number of ether oxygens (including phenoxy) is 2. The molecule has 1 aliphatic rings. The number of hydrogen-bond donors (Lipinski definition) is 0. The van der Waals surface area contributed by atoms with E-state index in [0.717, 1.165) is 24.1 Å². The Bertz CT molecular complexity index is 1500. The van der Waals surface area contributed by atoms with Gasteiger partial charge >= 0.3 is 0 Å². The second-order valence-electron chi connectivity index (χ2n) is 9.64. The van der Waals surface area contributed by atoms with Gasteiger partial charge in [-0.25, -0.2) is 0 Å². The fourth-order valence-electron chi connectivity index (χ4n) is 4.92. The molecule has 4 aromatic rings. The summed E-state index contributed by atoms with van der Waals surface area (Å²) in [5, 5.41) is 0.465. The van der Waals surface area contributed by atoms with Crippen LogP contribution in [0, 0.1) is 0 Å². The first-order valence-electron chi connectivity index (χ1n) is 12.9. The van der Waals surface area contributed by atoms with Crippen molar-refractivity contribution in [1.82, 2.24) is 9.80 Å². The Kier molecular flexibility index (Phi) is 7.47. The number of amides is 1. The molecule has 7 nitrogen and oxygen atoms in total. The summed E-state index contributed by atoms with van der Waals surface area (Å²) in [6.45, 7) is 4.06. The highest BCUT2D eigenvalue weighted by Gasteiger charge is 2.42. The van der Waals surface area contributed by atoms with Crippen molar-refractivity contribution < 1.29 is 18.7 Å². The minimum atomic E-state index is -0.581. The van der Waals surface area contributed by atoms with Crippen LogP contribution in [0.15, 0.2) is 82.0 Å². The summed E-state index contributed by atoms with van der Waals surface area (Å²) in [7, 11) is 4.00. The van der Waals surface area contributed by atoms with Crippen LogP contribution in [-0.4, -0.2) is 49.5 Å². The van der Waals surface area contributed by atoms with E-state index in [1.165, 1.54) is 0 Å². The van der Waals surface area contributed by atoms with Crippen molar-refractivity contribution in [2.45, 2.75) is 26.0 Å². The molecule has 196 valence electrons. The van der Waals surface area contributed by atoms with E-state index in [2.05, 4.69) is 4.90 Å². The van der Waals surface area contributed by atoms with Crippen LogP contribution in [0.2, 0.25) is 0 Å². The van der Waals surface area contributed by atoms with Crippen LogP contribution in [0.5, 0.6) is 11.5 Å². The molecule has 5 rings (SSSR count). The minimum Gasteiger partial charge on any atom is -0.490 e. The molecule has 0 N–H and O–H groups in total. The highest BCUT2D eigenvalue weighted by Crippen LogP contribution is 2.41. The number of carbonyl (C=O) groups is 1. The molecule has 1 aromatic heterocycles. The van der Waals surface area contributed by atoms with Crippen molar-refractivity contribution in [2.75, 3.05) is 33.8 Å². The lowest BCUT2D eigenvalue weighted by Crippen LogP contribution is -2.32. The predicted octanol–water partition coefficient (Wildman–Crippen LogP) is 5.27. The maximum atomic E-state index is 13.7. The Morgan fingerprint density at radius 3 is 2.45 bits per heavy atom. The lowest BCUT2D eigenvalue weighted by molar-refractivity contribution is 0.0722. The number of carbonyl (C=O) groups excluding carboxylic acids is 1. The third-order valence-corrected chi connectivity index (χ3v) is 6.70. The summed E-state index contributed by atoms with van der Waals surface area (Å²) in [5.74, 6) is 1.02. The predicted molar refractivity (Wildman–Crippen MR) is 147 cm³/mol. The molecule has 7 heteroatoms. The third-order valence-electron chi connectivity index (χ3n) is 6.70. The number of fused-ring (bicyclic) bond motifs is 2. The zero-order valence-electron chi connectivity index (χ0n) is 22.0. The first kappa shape index (κ1) is 25.5. The number of benzene rings is 3. The number of hydrogen-bond acceptors (Lipinski definition) is 6. The summed E-state index contributed by atoms with van der Waals surface area (Å²) >= 11 is 0. The second-order valence-corrected chi connectivity index (χ2v) is 9.64. The summed E-state index contributed by atoms with van der Waals surface area (Å²) in [6.07, 6.45) is 0.757. The molecule has 2 heterocycles. The largest absolute Gasteiger partial charge is 0.490 e. The molecule has 0 saturated carbocycles. The topological polar surface area (TPSA) is 72.2 Å².